The van der Waals surface area contributed by atoms with E-state index in [9.17, 15) is 0 Å². The Morgan fingerprint density at radius 1 is 0.577 bits per heavy atom. The van der Waals surface area contributed by atoms with Gasteiger partial charge in [-0.1, -0.05) is 115 Å². The predicted molar refractivity (Wildman–Crippen MR) is 216 cm³/mol. The first kappa shape index (κ1) is 31.6. The lowest BCUT2D eigenvalue weighted by molar-refractivity contribution is 0.335. The molecule has 8 heteroatoms. The molecule has 2 heterocycles. The quantitative estimate of drug-likeness (QED) is 0.165. The largest absolute Gasteiger partial charge is 0.431 e. The molecule has 0 spiro atoms. The molecule has 0 amide bonds. The molecule has 1 aromatic heterocycles. The smallest absolute Gasteiger partial charge is 0.384 e. The lowest BCUT2D eigenvalue weighted by Crippen LogP contribution is -2.27. The van der Waals surface area contributed by atoms with Crippen LogP contribution in [-0.2, 0) is 10.9 Å². The van der Waals surface area contributed by atoms with E-state index in [0.717, 1.165) is 50.6 Å². The van der Waals surface area contributed by atoms with Crippen LogP contribution in [0.2, 0.25) is 0 Å². The normalized spacial score (nSPS) is 16.7. The maximum atomic E-state index is 6.89. The van der Waals surface area contributed by atoms with Crippen LogP contribution >= 0.6 is 16.7 Å². The molecule has 256 valence electrons. The van der Waals surface area contributed by atoms with Crippen molar-refractivity contribution in [1.29, 1.82) is 0 Å². The molecule has 1 unspecified atom stereocenters. The molecule has 2 aliphatic rings. The van der Waals surface area contributed by atoms with E-state index in [4.69, 9.17) is 17.4 Å². The first-order valence-corrected chi connectivity index (χ1v) is 19.9. The van der Waals surface area contributed by atoms with Crippen molar-refractivity contribution >= 4 is 70.9 Å². The highest BCUT2D eigenvalue weighted by atomic mass is 31.2. The second kappa shape index (κ2) is 12.8. The van der Waals surface area contributed by atoms with Gasteiger partial charge in [0.1, 0.15) is 22.7 Å². The minimum atomic E-state index is -1.48. The van der Waals surface area contributed by atoms with Crippen molar-refractivity contribution in [2.45, 2.75) is 12.3 Å². The van der Waals surface area contributed by atoms with Crippen molar-refractivity contribution in [1.82, 2.24) is 4.67 Å². The Labute approximate surface area is 304 Å². The molecule has 0 saturated heterocycles. The zero-order valence-corrected chi connectivity index (χ0v) is 30.7. The third-order valence-electron chi connectivity index (χ3n) is 10.4. The van der Waals surface area contributed by atoms with Crippen LogP contribution < -0.4 is 9.19 Å². The second-order valence-electron chi connectivity index (χ2n) is 13.6. The Bertz CT molecular complexity index is 2660. The van der Waals surface area contributed by atoms with E-state index in [1.54, 1.807) is 0 Å². The molecule has 1 aliphatic heterocycles. The highest BCUT2D eigenvalue weighted by Crippen LogP contribution is 2.56. The number of hydrogen-bond donors (Lipinski definition) is 0. The molecular formula is C44H36N2O4P2. The molecule has 0 N–H and O–H groups in total. The number of benzene rings is 7. The van der Waals surface area contributed by atoms with Crippen molar-refractivity contribution in [3.8, 4) is 5.75 Å². The fourth-order valence-corrected chi connectivity index (χ4v) is 10.3. The fourth-order valence-electron chi connectivity index (χ4n) is 7.81. The Morgan fingerprint density at radius 3 is 1.83 bits per heavy atom. The molecule has 6 nitrogen and oxygen atoms in total. The van der Waals surface area contributed by atoms with E-state index >= 15 is 0 Å². The molecule has 0 bridgehead atoms. The maximum absolute atomic E-state index is 6.89. The van der Waals surface area contributed by atoms with Gasteiger partial charge in [-0.05, 0) is 81.2 Å². The summed E-state index contributed by atoms with van der Waals surface area (Å²) in [7, 11) is 1.23. The fraction of sp³-hybridized carbons (Fsp3) is 0.136. The SMILES string of the molecule is CN(CCN(C)[P@]1OC2=CCc3ccccc3C2c2c(ccc3ccccc23)O1)p1oc2ccc3ccccc3c2c2c(ccc3ccccc32)o1. The van der Waals surface area contributed by atoms with Gasteiger partial charge >= 0.3 is 16.7 Å². The first-order chi connectivity index (χ1) is 25.6. The number of rotatable bonds is 5. The molecule has 52 heavy (non-hydrogen) atoms. The number of likely N-dealkylation sites (N-methyl/N-ethyl adjacent to an activating group) is 2. The molecular weight excluding hydrogens is 682 g/mol. The summed E-state index contributed by atoms with van der Waals surface area (Å²) in [5.74, 6) is 1.81. The maximum Gasteiger partial charge on any atom is 0.384 e. The van der Waals surface area contributed by atoms with Gasteiger partial charge < -0.3 is 17.4 Å². The lowest BCUT2D eigenvalue weighted by atomic mass is 9.80. The summed E-state index contributed by atoms with van der Waals surface area (Å²) >= 11 is 0. The van der Waals surface area contributed by atoms with Gasteiger partial charge in [0, 0.05) is 36.5 Å². The summed E-state index contributed by atoms with van der Waals surface area (Å²) in [6.45, 7) is 1.36. The molecule has 0 fully saturated rings. The third-order valence-corrected chi connectivity index (χ3v) is 13.4. The average molecular weight is 719 g/mol. The molecule has 0 saturated carbocycles. The van der Waals surface area contributed by atoms with E-state index < -0.39 is 16.7 Å². The highest BCUT2D eigenvalue weighted by molar-refractivity contribution is 7.45. The second-order valence-corrected chi connectivity index (χ2v) is 16.6. The van der Waals surface area contributed by atoms with E-state index in [2.05, 4.69) is 163 Å². The summed E-state index contributed by atoms with van der Waals surface area (Å²) in [4.78, 5) is 0. The van der Waals surface area contributed by atoms with Crippen molar-refractivity contribution in [3.05, 3.63) is 162 Å². The van der Waals surface area contributed by atoms with Crippen LogP contribution in [0.25, 0.3) is 54.3 Å². The number of fused-ring (bicyclic) bond motifs is 14. The zero-order chi connectivity index (χ0) is 34.8. The average Bonchev–Trinajstić information content (AvgIpc) is 3.49. The van der Waals surface area contributed by atoms with Gasteiger partial charge in [0.05, 0.1) is 5.92 Å². The predicted octanol–water partition coefficient (Wildman–Crippen LogP) is 12.2. The van der Waals surface area contributed by atoms with Crippen molar-refractivity contribution in [2.24, 2.45) is 0 Å². The number of allylic oxidation sites excluding steroid dienone is 2. The first-order valence-electron chi connectivity index (χ1n) is 17.7. The zero-order valence-electron chi connectivity index (χ0n) is 28.9. The van der Waals surface area contributed by atoms with E-state index in [1.807, 2.05) is 0 Å². The van der Waals surface area contributed by atoms with Crippen LogP contribution in [0.1, 0.15) is 22.6 Å². The van der Waals surface area contributed by atoms with Crippen LogP contribution in [0.4, 0.5) is 0 Å². The van der Waals surface area contributed by atoms with Gasteiger partial charge in [-0.3, -0.25) is 0 Å². The van der Waals surface area contributed by atoms with Gasteiger partial charge in [-0.15, -0.1) is 0 Å². The summed E-state index contributed by atoms with van der Waals surface area (Å²) in [5.41, 5.74) is 5.45. The van der Waals surface area contributed by atoms with Gasteiger partial charge in [0.25, 0.3) is 0 Å². The van der Waals surface area contributed by atoms with Crippen LogP contribution in [0.3, 0.4) is 0 Å². The van der Waals surface area contributed by atoms with E-state index in [-0.39, 0.29) is 5.92 Å². The monoisotopic (exact) mass is 718 g/mol. The Kier molecular flexibility index (Phi) is 7.81. The van der Waals surface area contributed by atoms with Crippen LogP contribution in [-0.4, -0.2) is 31.9 Å². The lowest BCUT2D eigenvalue weighted by Gasteiger charge is -2.29. The molecule has 1 aliphatic carbocycles. The molecule has 10 rings (SSSR count). The van der Waals surface area contributed by atoms with Crippen LogP contribution in [0, 0.1) is 0 Å². The molecule has 8 aromatic rings. The number of nitrogens with zero attached hydrogens (tertiary/aromatic N) is 2. The van der Waals surface area contributed by atoms with Gasteiger partial charge in [-0.2, -0.15) is 0 Å². The van der Waals surface area contributed by atoms with Crippen molar-refractivity contribution < 1.29 is 17.4 Å². The van der Waals surface area contributed by atoms with E-state index in [1.165, 1.54) is 38.2 Å². The van der Waals surface area contributed by atoms with E-state index in [0.29, 0.717) is 13.1 Å². The standard InChI is InChI=1S/C44H36N2O4P2/c1-45(51-47-37-23-19-29-11-3-7-15-33(29)41(37)42-34-16-8-4-12-30(34)20-24-38(42)48-51)27-28-46(2)52-49-39-25-21-31-13-5-9-17-35(31)43(39)44-36-18-10-6-14-32(36)22-26-40(44)50-52/h3-21,23-26,44H,22,27-28H2,1-2H3/t44?,52-/m0/s1. The summed E-state index contributed by atoms with van der Waals surface area (Å²) < 4.78 is 31.8. The van der Waals surface area contributed by atoms with Gasteiger partial charge in [0.2, 0.25) is 0 Å². The van der Waals surface area contributed by atoms with Crippen molar-refractivity contribution in [3.63, 3.8) is 0 Å². The van der Waals surface area contributed by atoms with Crippen LogP contribution in [0.15, 0.2) is 154 Å². The van der Waals surface area contributed by atoms with Crippen LogP contribution in [0.5, 0.6) is 5.75 Å². The topological polar surface area (TPSA) is 51.2 Å². The minimum Gasteiger partial charge on any atom is -0.431 e. The summed E-state index contributed by atoms with van der Waals surface area (Å²) in [6.07, 6.45) is 3.09. The van der Waals surface area contributed by atoms with Crippen molar-refractivity contribution in [2.75, 3.05) is 31.9 Å². The Balaban J connectivity index is 1.01. The Morgan fingerprint density at radius 2 is 1.13 bits per heavy atom. The third kappa shape index (κ3) is 5.29. The molecule has 7 aromatic carbocycles. The Hall–Kier alpha value is -5.09. The molecule has 0 radical (unpaired) electrons. The highest BCUT2D eigenvalue weighted by Gasteiger charge is 2.38. The van der Waals surface area contributed by atoms with Gasteiger partial charge in [0.15, 0.2) is 0 Å². The van der Waals surface area contributed by atoms with Gasteiger partial charge in [-0.25, -0.2) is 9.34 Å². The minimum absolute atomic E-state index is 0.0295. The molecule has 2 atom stereocenters. The summed E-state index contributed by atoms with van der Waals surface area (Å²) in [5, 5.41) is 9.19. The summed E-state index contributed by atoms with van der Waals surface area (Å²) in [6, 6.07) is 47.1. The number of hydrogen-bond acceptors (Lipinski definition) is 6.